The van der Waals surface area contributed by atoms with Crippen molar-refractivity contribution in [3.05, 3.63) is 34.3 Å². The molecule has 0 aromatic carbocycles. The predicted molar refractivity (Wildman–Crippen MR) is 59.2 cm³/mol. The smallest absolute Gasteiger partial charge is 0.356 e. The van der Waals surface area contributed by atoms with Crippen molar-refractivity contribution in [3.8, 4) is 0 Å². The first-order valence-electron chi connectivity index (χ1n) is 4.54. The Balaban J connectivity index is 2.88. The van der Waals surface area contributed by atoms with Crippen molar-refractivity contribution in [1.29, 1.82) is 0 Å². The molecule has 0 unspecified atom stereocenters. The summed E-state index contributed by atoms with van der Waals surface area (Å²) >= 11 is 3.33. The van der Waals surface area contributed by atoms with Gasteiger partial charge in [0.05, 0.1) is 5.52 Å². The van der Waals surface area contributed by atoms with Gasteiger partial charge in [0.2, 0.25) is 0 Å². The topological polar surface area (TPSA) is 54.6 Å². The van der Waals surface area contributed by atoms with E-state index in [-0.39, 0.29) is 5.69 Å². The number of carboxylic acids is 1. The summed E-state index contributed by atoms with van der Waals surface area (Å²) in [5, 5.41) is 9.02. The number of imidazole rings is 1. The van der Waals surface area contributed by atoms with Gasteiger partial charge < -0.3 is 9.51 Å². The van der Waals surface area contributed by atoms with Crippen LogP contribution < -0.4 is 0 Å². The molecular weight excluding hydrogens is 260 g/mol. The molecule has 0 amide bonds. The first-order valence-corrected chi connectivity index (χ1v) is 5.33. The van der Waals surface area contributed by atoms with Gasteiger partial charge in [-0.2, -0.15) is 0 Å². The van der Waals surface area contributed by atoms with Crippen LogP contribution in [-0.4, -0.2) is 20.5 Å². The first-order chi connectivity index (χ1) is 7.15. The third-order valence-corrected chi connectivity index (χ3v) is 2.85. The minimum Gasteiger partial charge on any atom is -0.476 e. The largest absolute Gasteiger partial charge is 0.476 e. The fraction of sp³-hybridized carbons (Fsp3) is 0.200. The minimum atomic E-state index is -1.00. The average molecular weight is 269 g/mol. The van der Waals surface area contributed by atoms with E-state index in [2.05, 4.69) is 20.9 Å². The van der Waals surface area contributed by atoms with Crippen molar-refractivity contribution in [2.75, 3.05) is 0 Å². The molecule has 0 spiro atoms. The van der Waals surface area contributed by atoms with E-state index >= 15 is 0 Å². The molecule has 2 rings (SSSR count). The Hall–Kier alpha value is -1.36. The number of aryl methyl sites for hydroxylation is 1. The summed E-state index contributed by atoms with van der Waals surface area (Å²) in [5.74, 6) is -0.247. The average Bonchev–Trinajstić information content (AvgIpc) is 2.58. The standard InChI is InChI=1S/C10H9BrN2O2/c1-2-7-12-8(10(14)15)9-6(11)4-3-5-13(7)9/h3-5H,2H2,1H3,(H,14,15). The van der Waals surface area contributed by atoms with E-state index in [0.29, 0.717) is 11.9 Å². The Morgan fingerprint density at radius 2 is 2.40 bits per heavy atom. The normalized spacial score (nSPS) is 10.8. The monoisotopic (exact) mass is 268 g/mol. The summed E-state index contributed by atoms with van der Waals surface area (Å²) in [6.45, 7) is 1.95. The number of carbonyl (C=O) groups is 1. The summed E-state index contributed by atoms with van der Waals surface area (Å²) in [6, 6.07) is 3.66. The van der Waals surface area contributed by atoms with Crippen LogP contribution in [0.3, 0.4) is 0 Å². The van der Waals surface area contributed by atoms with Crippen LogP contribution in [0.25, 0.3) is 5.52 Å². The molecule has 5 heteroatoms. The number of nitrogens with zero attached hydrogens (tertiary/aromatic N) is 2. The Labute approximate surface area is 94.7 Å². The van der Waals surface area contributed by atoms with Crippen LogP contribution in [-0.2, 0) is 6.42 Å². The van der Waals surface area contributed by atoms with Gasteiger partial charge in [-0.15, -0.1) is 0 Å². The fourth-order valence-electron chi connectivity index (χ4n) is 1.56. The van der Waals surface area contributed by atoms with Crippen LogP contribution in [0.5, 0.6) is 0 Å². The Morgan fingerprint density at radius 3 is 3.00 bits per heavy atom. The zero-order chi connectivity index (χ0) is 11.0. The number of halogens is 1. The van der Waals surface area contributed by atoms with Crippen molar-refractivity contribution < 1.29 is 9.90 Å². The van der Waals surface area contributed by atoms with Gasteiger partial charge in [-0.1, -0.05) is 6.92 Å². The van der Waals surface area contributed by atoms with Crippen LogP contribution in [0, 0.1) is 0 Å². The zero-order valence-corrected chi connectivity index (χ0v) is 9.65. The molecule has 2 aromatic heterocycles. The highest BCUT2D eigenvalue weighted by molar-refractivity contribution is 9.10. The number of hydrogen-bond donors (Lipinski definition) is 1. The summed E-state index contributed by atoms with van der Waals surface area (Å²) in [5.41, 5.74) is 0.709. The molecule has 0 saturated heterocycles. The summed E-state index contributed by atoms with van der Waals surface area (Å²) in [7, 11) is 0. The Bertz CT molecular complexity index is 533. The van der Waals surface area contributed by atoms with Crippen molar-refractivity contribution >= 4 is 27.4 Å². The van der Waals surface area contributed by atoms with Crippen LogP contribution in [0.2, 0.25) is 0 Å². The first kappa shape index (κ1) is 10.2. The van der Waals surface area contributed by atoms with E-state index in [4.69, 9.17) is 5.11 Å². The highest BCUT2D eigenvalue weighted by atomic mass is 79.9. The molecule has 0 aliphatic carbocycles. The molecule has 0 atom stereocenters. The van der Waals surface area contributed by atoms with Gasteiger partial charge in [-0.05, 0) is 28.1 Å². The predicted octanol–water partition coefficient (Wildman–Crippen LogP) is 2.36. The lowest BCUT2D eigenvalue weighted by Gasteiger charge is -1.99. The van der Waals surface area contributed by atoms with Crippen molar-refractivity contribution in [1.82, 2.24) is 9.38 Å². The Morgan fingerprint density at radius 1 is 1.67 bits per heavy atom. The van der Waals surface area contributed by atoms with E-state index in [9.17, 15) is 4.79 Å². The van der Waals surface area contributed by atoms with E-state index in [1.807, 2.05) is 25.3 Å². The summed E-state index contributed by atoms with van der Waals surface area (Å²) in [6.07, 6.45) is 2.52. The second-order valence-corrected chi connectivity index (χ2v) is 3.96. The molecular formula is C10H9BrN2O2. The molecule has 2 aromatic rings. The number of hydrogen-bond acceptors (Lipinski definition) is 2. The molecule has 4 nitrogen and oxygen atoms in total. The summed E-state index contributed by atoms with van der Waals surface area (Å²) < 4.78 is 2.54. The fourth-order valence-corrected chi connectivity index (χ4v) is 2.09. The molecule has 1 N–H and O–H groups in total. The van der Waals surface area contributed by atoms with Gasteiger partial charge in [0.25, 0.3) is 0 Å². The molecule has 78 valence electrons. The number of aromatic nitrogens is 2. The highest BCUT2D eigenvalue weighted by Crippen LogP contribution is 2.23. The summed E-state index contributed by atoms with van der Waals surface area (Å²) in [4.78, 5) is 15.1. The van der Waals surface area contributed by atoms with Crippen molar-refractivity contribution in [3.63, 3.8) is 0 Å². The van der Waals surface area contributed by atoms with Crippen LogP contribution in [0.4, 0.5) is 0 Å². The number of pyridine rings is 1. The van der Waals surface area contributed by atoms with E-state index in [1.165, 1.54) is 0 Å². The lowest BCUT2D eigenvalue weighted by atomic mass is 10.3. The molecule has 0 aliphatic rings. The second kappa shape index (κ2) is 3.66. The van der Waals surface area contributed by atoms with Gasteiger partial charge in [0, 0.05) is 17.1 Å². The maximum absolute atomic E-state index is 11.0. The van der Waals surface area contributed by atoms with Crippen LogP contribution in [0.15, 0.2) is 22.8 Å². The third kappa shape index (κ3) is 1.52. The maximum Gasteiger partial charge on any atom is 0.356 e. The zero-order valence-electron chi connectivity index (χ0n) is 8.07. The Kier molecular flexibility index (Phi) is 2.48. The van der Waals surface area contributed by atoms with Crippen molar-refractivity contribution in [2.45, 2.75) is 13.3 Å². The molecule has 0 radical (unpaired) electrons. The molecule has 0 aliphatic heterocycles. The van der Waals surface area contributed by atoms with Gasteiger partial charge >= 0.3 is 5.97 Å². The number of aromatic carboxylic acids is 1. The van der Waals surface area contributed by atoms with Crippen LogP contribution >= 0.6 is 15.9 Å². The minimum absolute atomic E-state index is 0.0966. The van der Waals surface area contributed by atoms with Gasteiger partial charge in [0.1, 0.15) is 5.82 Å². The van der Waals surface area contributed by atoms with E-state index in [1.54, 1.807) is 4.40 Å². The quantitative estimate of drug-likeness (QED) is 0.910. The lowest BCUT2D eigenvalue weighted by Crippen LogP contribution is -1.97. The SMILES string of the molecule is CCc1nc(C(=O)O)c2c(Br)cccn12. The molecule has 15 heavy (non-hydrogen) atoms. The highest BCUT2D eigenvalue weighted by Gasteiger charge is 2.17. The van der Waals surface area contributed by atoms with Gasteiger partial charge in [-0.3, -0.25) is 0 Å². The molecule has 0 fully saturated rings. The van der Waals surface area contributed by atoms with E-state index in [0.717, 1.165) is 10.3 Å². The van der Waals surface area contributed by atoms with Gasteiger partial charge in [-0.25, -0.2) is 9.78 Å². The lowest BCUT2D eigenvalue weighted by molar-refractivity contribution is 0.0693. The molecule has 0 saturated carbocycles. The number of rotatable bonds is 2. The second-order valence-electron chi connectivity index (χ2n) is 3.11. The number of carboxylic acid groups (broad SMARTS) is 1. The third-order valence-electron chi connectivity index (χ3n) is 2.21. The van der Waals surface area contributed by atoms with Crippen LogP contribution in [0.1, 0.15) is 23.2 Å². The number of fused-ring (bicyclic) bond motifs is 1. The van der Waals surface area contributed by atoms with Crippen molar-refractivity contribution in [2.24, 2.45) is 0 Å². The maximum atomic E-state index is 11.0. The van der Waals surface area contributed by atoms with Gasteiger partial charge in [0.15, 0.2) is 5.69 Å². The van der Waals surface area contributed by atoms with E-state index < -0.39 is 5.97 Å². The molecule has 0 bridgehead atoms. The molecule has 2 heterocycles.